The highest BCUT2D eigenvalue weighted by atomic mass is 32.1. The van der Waals surface area contributed by atoms with Crippen LogP contribution < -0.4 is 5.32 Å². The molecule has 0 atom stereocenters. The van der Waals surface area contributed by atoms with Crippen LogP contribution >= 0.6 is 11.3 Å². The highest BCUT2D eigenvalue weighted by molar-refractivity contribution is 7.14. The minimum absolute atomic E-state index is 0.0624. The van der Waals surface area contributed by atoms with Crippen molar-refractivity contribution in [1.82, 2.24) is 5.32 Å². The van der Waals surface area contributed by atoms with Crippen LogP contribution in [-0.2, 0) is 16.0 Å². The first-order chi connectivity index (χ1) is 9.96. The normalized spacial score (nSPS) is 17.4. The molecule has 1 aromatic heterocycles. The largest absolute Gasteiger partial charge is 0.481 e. The number of ether oxygens (including phenoxy) is 1. The van der Waals surface area contributed by atoms with Crippen LogP contribution in [0.3, 0.4) is 0 Å². The summed E-state index contributed by atoms with van der Waals surface area (Å²) in [6, 6.07) is 1.88. The van der Waals surface area contributed by atoms with E-state index in [1.165, 1.54) is 16.2 Å². The molecule has 2 N–H and O–H groups in total. The lowest BCUT2D eigenvalue weighted by Crippen LogP contribution is -2.53. The third-order valence-corrected chi connectivity index (χ3v) is 5.26. The van der Waals surface area contributed by atoms with Crippen molar-refractivity contribution >= 4 is 23.2 Å². The first-order valence-electron chi connectivity index (χ1n) is 7.17. The number of carbonyl (C=O) groups excluding carboxylic acids is 1. The summed E-state index contributed by atoms with van der Waals surface area (Å²) in [4.78, 5) is 25.4. The van der Waals surface area contributed by atoms with Crippen molar-refractivity contribution in [3.05, 3.63) is 21.4 Å². The van der Waals surface area contributed by atoms with E-state index in [-0.39, 0.29) is 12.3 Å². The van der Waals surface area contributed by atoms with Crippen LogP contribution in [0, 0.1) is 6.92 Å². The molecule has 2 rings (SSSR count). The van der Waals surface area contributed by atoms with Gasteiger partial charge in [-0.1, -0.05) is 6.92 Å². The molecular formula is C15H21NO4S. The Balaban J connectivity index is 2.15. The number of thiophene rings is 1. The van der Waals surface area contributed by atoms with Gasteiger partial charge in [-0.15, -0.1) is 11.3 Å². The third kappa shape index (κ3) is 3.83. The lowest BCUT2D eigenvalue weighted by atomic mass is 9.86. The van der Waals surface area contributed by atoms with Gasteiger partial charge < -0.3 is 15.2 Å². The number of rotatable bonds is 5. The molecule has 116 valence electrons. The first-order valence-corrected chi connectivity index (χ1v) is 7.99. The van der Waals surface area contributed by atoms with Crippen molar-refractivity contribution in [2.24, 2.45) is 0 Å². The molecule has 0 aliphatic carbocycles. The second-order valence-electron chi connectivity index (χ2n) is 5.49. The van der Waals surface area contributed by atoms with Crippen LogP contribution in [0.4, 0.5) is 0 Å². The minimum Gasteiger partial charge on any atom is -0.481 e. The Labute approximate surface area is 128 Å². The maximum Gasteiger partial charge on any atom is 0.305 e. The van der Waals surface area contributed by atoms with Gasteiger partial charge in [0.05, 0.1) is 16.8 Å². The van der Waals surface area contributed by atoms with Crippen molar-refractivity contribution in [3.63, 3.8) is 0 Å². The van der Waals surface area contributed by atoms with Crippen molar-refractivity contribution in [3.8, 4) is 0 Å². The SMILES string of the molecule is CCc1sc(C(=O)NC2(CC(=O)O)CCOCC2)cc1C. The fourth-order valence-electron chi connectivity index (χ4n) is 2.68. The van der Waals surface area contributed by atoms with Gasteiger partial charge in [-0.05, 0) is 37.8 Å². The number of carboxylic acids is 1. The Kier molecular flexibility index (Phi) is 5.00. The number of aryl methyl sites for hydroxylation is 2. The van der Waals surface area contributed by atoms with Gasteiger partial charge in [-0.25, -0.2) is 0 Å². The van der Waals surface area contributed by atoms with Crippen LogP contribution in [0.15, 0.2) is 6.07 Å². The van der Waals surface area contributed by atoms with Crippen LogP contribution in [0.1, 0.15) is 46.3 Å². The van der Waals surface area contributed by atoms with Gasteiger partial charge in [0.25, 0.3) is 5.91 Å². The van der Waals surface area contributed by atoms with E-state index in [4.69, 9.17) is 9.84 Å². The lowest BCUT2D eigenvalue weighted by Gasteiger charge is -2.36. The van der Waals surface area contributed by atoms with Gasteiger partial charge in [-0.3, -0.25) is 9.59 Å². The second-order valence-corrected chi connectivity index (χ2v) is 6.62. The third-order valence-electron chi connectivity index (χ3n) is 3.88. The predicted molar refractivity (Wildman–Crippen MR) is 80.9 cm³/mol. The smallest absolute Gasteiger partial charge is 0.305 e. The van der Waals surface area contributed by atoms with Gasteiger partial charge in [-0.2, -0.15) is 0 Å². The predicted octanol–water partition coefficient (Wildman–Crippen LogP) is 2.37. The summed E-state index contributed by atoms with van der Waals surface area (Å²) in [5, 5.41) is 12.1. The number of aliphatic carboxylic acids is 1. The van der Waals surface area contributed by atoms with Crippen LogP contribution in [-0.4, -0.2) is 35.7 Å². The molecule has 2 heterocycles. The second kappa shape index (κ2) is 6.58. The minimum atomic E-state index is -0.895. The Hall–Kier alpha value is -1.40. The summed E-state index contributed by atoms with van der Waals surface area (Å²) in [5.74, 6) is -1.07. The quantitative estimate of drug-likeness (QED) is 0.875. The molecule has 1 saturated heterocycles. The zero-order valence-corrected chi connectivity index (χ0v) is 13.2. The lowest BCUT2D eigenvalue weighted by molar-refractivity contribution is -0.139. The maximum atomic E-state index is 12.4. The van der Waals surface area contributed by atoms with Crippen molar-refractivity contribution in [2.45, 2.75) is 45.1 Å². The molecule has 21 heavy (non-hydrogen) atoms. The highest BCUT2D eigenvalue weighted by Gasteiger charge is 2.36. The summed E-state index contributed by atoms with van der Waals surface area (Å²) in [6.45, 7) is 5.02. The molecule has 0 bridgehead atoms. The summed E-state index contributed by atoms with van der Waals surface area (Å²) >= 11 is 1.48. The van der Waals surface area contributed by atoms with E-state index in [1.807, 2.05) is 13.0 Å². The molecule has 0 unspecified atom stereocenters. The molecule has 0 saturated carbocycles. The van der Waals surface area contributed by atoms with Gasteiger partial charge >= 0.3 is 5.97 Å². The molecule has 0 radical (unpaired) electrons. The van der Waals surface area contributed by atoms with Crippen LogP contribution in [0.25, 0.3) is 0 Å². The van der Waals surface area contributed by atoms with Gasteiger partial charge in [0, 0.05) is 18.1 Å². The molecule has 5 nitrogen and oxygen atoms in total. The first kappa shape index (κ1) is 16.0. The standard InChI is InChI=1S/C15H21NO4S/c1-3-11-10(2)8-12(21-11)14(19)16-15(9-13(17)18)4-6-20-7-5-15/h8H,3-7,9H2,1-2H3,(H,16,19)(H,17,18). The summed E-state index contributed by atoms with van der Waals surface area (Å²) in [7, 11) is 0. The Morgan fingerprint density at radius 3 is 2.62 bits per heavy atom. The molecule has 1 fully saturated rings. The maximum absolute atomic E-state index is 12.4. The highest BCUT2D eigenvalue weighted by Crippen LogP contribution is 2.27. The van der Waals surface area contributed by atoms with E-state index >= 15 is 0 Å². The van der Waals surface area contributed by atoms with Crippen molar-refractivity contribution in [1.29, 1.82) is 0 Å². The zero-order valence-electron chi connectivity index (χ0n) is 12.4. The molecule has 1 aliphatic heterocycles. The number of carboxylic acid groups (broad SMARTS) is 1. The van der Waals surface area contributed by atoms with E-state index < -0.39 is 11.5 Å². The summed E-state index contributed by atoms with van der Waals surface area (Å²) < 4.78 is 5.29. The van der Waals surface area contributed by atoms with E-state index in [1.54, 1.807) is 0 Å². The summed E-state index contributed by atoms with van der Waals surface area (Å²) in [5.41, 5.74) is 0.428. The topological polar surface area (TPSA) is 75.6 Å². The fourth-order valence-corrected chi connectivity index (χ4v) is 3.69. The molecular weight excluding hydrogens is 290 g/mol. The zero-order chi connectivity index (χ0) is 15.5. The van der Waals surface area contributed by atoms with E-state index in [0.29, 0.717) is 30.9 Å². The molecule has 0 aromatic carbocycles. The summed E-state index contributed by atoms with van der Waals surface area (Å²) in [6.07, 6.45) is 1.91. The number of nitrogens with one attached hydrogen (secondary N) is 1. The number of hydrogen-bond donors (Lipinski definition) is 2. The van der Waals surface area contributed by atoms with E-state index in [2.05, 4.69) is 12.2 Å². The van der Waals surface area contributed by atoms with Gasteiger partial charge in [0.2, 0.25) is 0 Å². The van der Waals surface area contributed by atoms with Crippen LogP contribution in [0.2, 0.25) is 0 Å². The van der Waals surface area contributed by atoms with Gasteiger partial charge in [0.15, 0.2) is 0 Å². The molecule has 1 aromatic rings. The van der Waals surface area contributed by atoms with Crippen LogP contribution in [0.5, 0.6) is 0 Å². The molecule has 0 spiro atoms. The Morgan fingerprint density at radius 1 is 1.43 bits per heavy atom. The number of hydrogen-bond acceptors (Lipinski definition) is 4. The fraction of sp³-hybridized carbons (Fsp3) is 0.600. The van der Waals surface area contributed by atoms with E-state index in [9.17, 15) is 9.59 Å². The van der Waals surface area contributed by atoms with Crippen molar-refractivity contribution < 1.29 is 19.4 Å². The average Bonchev–Trinajstić information content (AvgIpc) is 2.80. The average molecular weight is 311 g/mol. The Morgan fingerprint density at radius 2 is 2.10 bits per heavy atom. The molecule has 6 heteroatoms. The number of carbonyl (C=O) groups is 2. The van der Waals surface area contributed by atoms with Gasteiger partial charge in [0.1, 0.15) is 0 Å². The monoisotopic (exact) mass is 311 g/mol. The van der Waals surface area contributed by atoms with E-state index in [0.717, 1.165) is 12.0 Å². The Bertz CT molecular complexity index is 532. The number of amides is 1. The molecule has 1 amide bonds. The molecule has 1 aliphatic rings. The van der Waals surface area contributed by atoms with Crippen molar-refractivity contribution in [2.75, 3.05) is 13.2 Å².